The van der Waals surface area contributed by atoms with Gasteiger partial charge in [-0.25, -0.2) is 10.8 Å². The summed E-state index contributed by atoms with van der Waals surface area (Å²) in [5, 5.41) is 3.10. The fraction of sp³-hybridized carbons (Fsp3) is 0.0909. The first-order valence-corrected chi connectivity index (χ1v) is 5.02. The Morgan fingerprint density at radius 2 is 1.94 bits per heavy atom. The highest BCUT2D eigenvalue weighted by Gasteiger charge is 2.03. The average Bonchev–Trinajstić information content (AvgIpc) is 2.39. The zero-order valence-electron chi connectivity index (χ0n) is 9.34. The van der Waals surface area contributed by atoms with Crippen LogP contribution in [0.1, 0.15) is 0 Å². The first kappa shape index (κ1) is 11.2. The van der Waals surface area contributed by atoms with E-state index in [1.807, 2.05) is 24.3 Å². The minimum Gasteiger partial charge on any atom is -0.495 e. The van der Waals surface area contributed by atoms with Crippen LogP contribution in [0.25, 0.3) is 0 Å². The van der Waals surface area contributed by atoms with Crippen LogP contribution < -0.4 is 21.3 Å². The monoisotopic (exact) mass is 231 g/mol. The van der Waals surface area contributed by atoms with E-state index in [-0.39, 0.29) is 0 Å². The van der Waals surface area contributed by atoms with Crippen LogP contribution in [0.3, 0.4) is 0 Å². The molecule has 0 amide bonds. The molecule has 1 aromatic carbocycles. The Kier molecular flexibility index (Phi) is 3.37. The molecule has 0 fully saturated rings. The lowest BCUT2D eigenvalue weighted by Crippen LogP contribution is -2.09. The number of rotatable bonds is 4. The van der Waals surface area contributed by atoms with Gasteiger partial charge in [0.15, 0.2) is 11.6 Å². The van der Waals surface area contributed by atoms with E-state index >= 15 is 0 Å². The summed E-state index contributed by atoms with van der Waals surface area (Å²) in [7, 11) is 1.62. The second kappa shape index (κ2) is 5.13. The third-order valence-electron chi connectivity index (χ3n) is 2.15. The molecule has 4 N–H and O–H groups in total. The van der Waals surface area contributed by atoms with Crippen molar-refractivity contribution in [1.29, 1.82) is 0 Å². The minimum absolute atomic E-state index is 0.491. The molecule has 0 radical (unpaired) electrons. The molecule has 0 saturated heterocycles. The van der Waals surface area contributed by atoms with Crippen molar-refractivity contribution in [2.24, 2.45) is 5.84 Å². The van der Waals surface area contributed by atoms with Crippen LogP contribution in [0.5, 0.6) is 5.75 Å². The second-order valence-corrected chi connectivity index (χ2v) is 3.26. The van der Waals surface area contributed by atoms with Crippen molar-refractivity contribution in [2.45, 2.75) is 0 Å². The van der Waals surface area contributed by atoms with Crippen LogP contribution >= 0.6 is 0 Å². The molecule has 0 unspecified atom stereocenters. The van der Waals surface area contributed by atoms with E-state index in [1.54, 1.807) is 13.3 Å². The van der Waals surface area contributed by atoms with Crippen LogP contribution in [0.4, 0.5) is 17.3 Å². The van der Waals surface area contributed by atoms with Crippen molar-refractivity contribution < 1.29 is 4.74 Å². The summed E-state index contributed by atoms with van der Waals surface area (Å²) in [4.78, 5) is 8.20. The van der Waals surface area contributed by atoms with Gasteiger partial charge in [0.05, 0.1) is 25.2 Å². The van der Waals surface area contributed by atoms with Crippen LogP contribution in [0, 0.1) is 0 Å². The highest BCUT2D eigenvalue weighted by Crippen LogP contribution is 2.25. The van der Waals surface area contributed by atoms with Gasteiger partial charge in [0.2, 0.25) is 0 Å². The third kappa shape index (κ3) is 2.61. The van der Waals surface area contributed by atoms with Gasteiger partial charge in [0.25, 0.3) is 0 Å². The molecule has 0 aliphatic heterocycles. The summed E-state index contributed by atoms with van der Waals surface area (Å²) in [6.07, 6.45) is 3.14. The van der Waals surface area contributed by atoms with Crippen molar-refractivity contribution in [2.75, 3.05) is 17.9 Å². The molecule has 6 heteroatoms. The largest absolute Gasteiger partial charge is 0.495 e. The number of hydrogen-bond acceptors (Lipinski definition) is 6. The molecule has 0 saturated carbocycles. The van der Waals surface area contributed by atoms with E-state index in [0.717, 1.165) is 11.4 Å². The lowest BCUT2D eigenvalue weighted by Gasteiger charge is -2.10. The molecular formula is C11H13N5O. The zero-order valence-corrected chi connectivity index (χ0v) is 9.34. The lowest BCUT2D eigenvalue weighted by atomic mass is 10.3. The van der Waals surface area contributed by atoms with E-state index in [2.05, 4.69) is 20.7 Å². The number of aromatic nitrogens is 2. The smallest absolute Gasteiger partial charge is 0.160 e. The summed E-state index contributed by atoms with van der Waals surface area (Å²) >= 11 is 0. The number of methoxy groups -OCH3 is 1. The fourth-order valence-electron chi connectivity index (χ4n) is 1.38. The number of nitrogens with two attached hydrogens (primary N) is 1. The standard InChI is InChI=1S/C11H13N5O/c1-17-9-5-3-2-4-8(9)14-10-6-13-7-11(15-10)16-12/h2-7H,12H2,1H3,(H2,14,15,16). The number of anilines is 3. The Bertz CT molecular complexity index is 503. The second-order valence-electron chi connectivity index (χ2n) is 3.26. The first-order valence-electron chi connectivity index (χ1n) is 5.02. The molecular weight excluding hydrogens is 218 g/mol. The number of para-hydroxylation sites is 2. The molecule has 0 atom stereocenters. The maximum absolute atomic E-state index is 5.26. The molecule has 1 aromatic heterocycles. The SMILES string of the molecule is COc1ccccc1Nc1cncc(NN)n1. The van der Waals surface area contributed by atoms with Crippen molar-refractivity contribution >= 4 is 17.3 Å². The number of benzene rings is 1. The first-order chi connectivity index (χ1) is 8.33. The summed E-state index contributed by atoms with van der Waals surface area (Å²) in [5.74, 6) is 7.08. The van der Waals surface area contributed by atoms with Gasteiger partial charge < -0.3 is 15.5 Å². The van der Waals surface area contributed by atoms with Gasteiger partial charge in [-0.3, -0.25) is 4.98 Å². The van der Waals surface area contributed by atoms with Crippen LogP contribution in [-0.2, 0) is 0 Å². The molecule has 0 spiro atoms. The number of hydrogen-bond donors (Lipinski definition) is 3. The van der Waals surface area contributed by atoms with E-state index in [0.29, 0.717) is 11.6 Å². The summed E-state index contributed by atoms with van der Waals surface area (Å²) in [6.45, 7) is 0. The number of nitrogens with zero attached hydrogens (tertiary/aromatic N) is 2. The Morgan fingerprint density at radius 1 is 1.18 bits per heavy atom. The van der Waals surface area contributed by atoms with Crippen molar-refractivity contribution in [3.63, 3.8) is 0 Å². The summed E-state index contributed by atoms with van der Waals surface area (Å²) < 4.78 is 5.22. The van der Waals surface area contributed by atoms with Gasteiger partial charge in [0, 0.05) is 0 Å². The number of hydrazine groups is 1. The van der Waals surface area contributed by atoms with E-state index < -0.39 is 0 Å². The van der Waals surface area contributed by atoms with Gasteiger partial charge in [-0.05, 0) is 12.1 Å². The third-order valence-corrected chi connectivity index (χ3v) is 2.15. The highest BCUT2D eigenvalue weighted by atomic mass is 16.5. The molecule has 0 bridgehead atoms. The Hall–Kier alpha value is -2.34. The molecule has 2 rings (SSSR count). The van der Waals surface area contributed by atoms with Crippen LogP contribution in [0.15, 0.2) is 36.7 Å². The van der Waals surface area contributed by atoms with Gasteiger partial charge in [0.1, 0.15) is 5.75 Å². The normalized spacial score (nSPS) is 9.76. The maximum Gasteiger partial charge on any atom is 0.160 e. The van der Waals surface area contributed by atoms with Gasteiger partial charge in [-0.15, -0.1) is 0 Å². The molecule has 88 valence electrons. The van der Waals surface area contributed by atoms with E-state index in [1.165, 1.54) is 6.20 Å². The molecule has 0 aliphatic rings. The van der Waals surface area contributed by atoms with Crippen molar-refractivity contribution in [1.82, 2.24) is 9.97 Å². The molecule has 17 heavy (non-hydrogen) atoms. The number of nitrogens with one attached hydrogen (secondary N) is 2. The minimum atomic E-state index is 0.491. The average molecular weight is 231 g/mol. The summed E-state index contributed by atoms with van der Waals surface area (Å²) in [5.41, 5.74) is 3.25. The number of nitrogen functional groups attached to an aromatic ring is 1. The van der Waals surface area contributed by atoms with Crippen LogP contribution in [0.2, 0.25) is 0 Å². The Morgan fingerprint density at radius 3 is 2.71 bits per heavy atom. The van der Waals surface area contributed by atoms with Gasteiger partial charge >= 0.3 is 0 Å². The van der Waals surface area contributed by atoms with Crippen molar-refractivity contribution in [3.8, 4) is 5.75 Å². The molecule has 2 aromatic rings. The number of ether oxygens (including phenoxy) is 1. The lowest BCUT2D eigenvalue weighted by molar-refractivity contribution is 0.417. The van der Waals surface area contributed by atoms with Gasteiger partial charge in [-0.1, -0.05) is 12.1 Å². The molecule has 6 nitrogen and oxygen atoms in total. The Balaban J connectivity index is 2.24. The zero-order chi connectivity index (χ0) is 12.1. The van der Waals surface area contributed by atoms with Crippen LogP contribution in [-0.4, -0.2) is 17.1 Å². The predicted octanol–water partition coefficient (Wildman–Crippen LogP) is 1.51. The highest BCUT2D eigenvalue weighted by molar-refractivity contribution is 5.64. The predicted molar refractivity (Wildman–Crippen MR) is 66.1 cm³/mol. The molecule has 0 aliphatic carbocycles. The van der Waals surface area contributed by atoms with E-state index in [4.69, 9.17) is 10.6 Å². The van der Waals surface area contributed by atoms with E-state index in [9.17, 15) is 0 Å². The van der Waals surface area contributed by atoms with Gasteiger partial charge in [-0.2, -0.15) is 0 Å². The molecule has 1 heterocycles. The Labute approximate surface area is 98.8 Å². The fourth-order valence-corrected chi connectivity index (χ4v) is 1.38. The maximum atomic E-state index is 5.26. The summed E-state index contributed by atoms with van der Waals surface area (Å²) in [6, 6.07) is 7.56. The quantitative estimate of drug-likeness (QED) is 0.546. The van der Waals surface area contributed by atoms with Crippen molar-refractivity contribution in [3.05, 3.63) is 36.7 Å². The topological polar surface area (TPSA) is 85.1 Å².